The van der Waals surface area contributed by atoms with Crippen LogP contribution in [0.2, 0.25) is 0 Å². The zero-order valence-corrected chi connectivity index (χ0v) is 15.6. The van der Waals surface area contributed by atoms with Crippen molar-refractivity contribution >= 4 is 16.7 Å². The zero-order chi connectivity index (χ0) is 18.9. The Hall–Kier alpha value is -3.01. The number of ether oxygens (including phenoxy) is 2. The van der Waals surface area contributed by atoms with Crippen molar-refractivity contribution in [1.29, 1.82) is 0 Å². The highest BCUT2D eigenvalue weighted by atomic mass is 16.5. The molecule has 1 heterocycles. The molecule has 0 bridgehead atoms. The Labute approximate surface area is 159 Å². The summed E-state index contributed by atoms with van der Waals surface area (Å²) >= 11 is 0. The SMILES string of the molecule is CC1(C)C[C@@H](NC(=O)COc2cccc3ccccc23)c2ccccc2O1. The Morgan fingerprint density at radius 2 is 1.81 bits per heavy atom. The number of para-hydroxylation sites is 1. The first-order valence-corrected chi connectivity index (χ1v) is 9.20. The molecule has 1 atom stereocenters. The van der Waals surface area contributed by atoms with Gasteiger partial charge in [0.25, 0.3) is 5.91 Å². The summed E-state index contributed by atoms with van der Waals surface area (Å²) in [6.45, 7) is 4.05. The van der Waals surface area contributed by atoms with E-state index in [-0.39, 0.29) is 24.2 Å². The molecule has 27 heavy (non-hydrogen) atoms. The molecular formula is C23H23NO3. The first kappa shape index (κ1) is 17.4. The third kappa shape index (κ3) is 3.75. The molecular weight excluding hydrogens is 338 g/mol. The minimum Gasteiger partial charge on any atom is -0.487 e. The van der Waals surface area contributed by atoms with Crippen molar-refractivity contribution in [1.82, 2.24) is 5.32 Å². The molecule has 1 N–H and O–H groups in total. The molecule has 0 aromatic heterocycles. The lowest BCUT2D eigenvalue weighted by molar-refractivity contribution is -0.124. The number of benzene rings is 3. The fourth-order valence-electron chi connectivity index (χ4n) is 3.63. The van der Waals surface area contributed by atoms with Gasteiger partial charge in [0, 0.05) is 17.4 Å². The summed E-state index contributed by atoms with van der Waals surface area (Å²) in [5.74, 6) is 1.41. The van der Waals surface area contributed by atoms with Crippen LogP contribution in [0.4, 0.5) is 0 Å². The third-order valence-electron chi connectivity index (χ3n) is 4.82. The van der Waals surface area contributed by atoms with E-state index in [1.807, 2.05) is 80.6 Å². The summed E-state index contributed by atoms with van der Waals surface area (Å²) in [4.78, 5) is 12.6. The molecule has 0 unspecified atom stereocenters. The minimum atomic E-state index is -0.331. The van der Waals surface area contributed by atoms with Gasteiger partial charge in [-0.1, -0.05) is 54.6 Å². The number of carbonyl (C=O) groups is 1. The van der Waals surface area contributed by atoms with E-state index in [4.69, 9.17) is 9.47 Å². The van der Waals surface area contributed by atoms with E-state index in [0.29, 0.717) is 6.42 Å². The van der Waals surface area contributed by atoms with Gasteiger partial charge in [0.2, 0.25) is 0 Å². The van der Waals surface area contributed by atoms with E-state index < -0.39 is 0 Å². The Kier molecular flexibility index (Phi) is 4.48. The fraction of sp³-hybridized carbons (Fsp3) is 0.261. The van der Waals surface area contributed by atoms with Crippen LogP contribution in [-0.2, 0) is 4.79 Å². The Balaban J connectivity index is 1.47. The maximum absolute atomic E-state index is 12.6. The molecule has 0 spiro atoms. The maximum Gasteiger partial charge on any atom is 0.258 e. The van der Waals surface area contributed by atoms with Crippen LogP contribution in [0.5, 0.6) is 11.5 Å². The minimum absolute atomic E-state index is 0.0199. The highest BCUT2D eigenvalue weighted by Crippen LogP contribution is 2.39. The quantitative estimate of drug-likeness (QED) is 0.737. The molecule has 3 aromatic carbocycles. The van der Waals surface area contributed by atoms with E-state index in [1.54, 1.807) is 0 Å². The van der Waals surface area contributed by atoms with Crippen LogP contribution < -0.4 is 14.8 Å². The number of hydrogen-bond donors (Lipinski definition) is 1. The highest BCUT2D eigenvalue weighted by molar-refractivity contribution is 5.88. The topological polar surface area (TPSA) is 47.6 Å². The van der Waals surface area contributed by atoms with Gasteiger partial charge in [0.05, 0.1) is 6.04 Å². The number of hydrogen-bond acceptors (Lipinski definition) is 3. The smallest absolute Gasteiger partial charge is 0.258 e. The van der Waals surface area contributed by atoms with Crippen LogP contribution >= 0.6 is 0 Å². The molecule has 3 aromatic rings. The molecule has 4 rings (SSSR count). The van der Waals surface area contributed by atoms with Gasteiger partial charge < -0.3 is 14.8 Å². The first-order chi connectivity index (χ1) is 13.0. The molecule has 4 heteroatoms. The largest absolute Gasteiger partial charge is 0.487 e. The predicted octanol–water partition coefficient (Wildman–Crippen LogP) is 4.64. The van der Waals surface area contributed by atoms with Crippen molar-refractivity contribution in [2.45, 2.75) is 31.9 Å². The van der Waals surface area contributed by atoms with Gasteiger partial charge in [-0.3, -0.25) is 4.79 Å². The predicted molar refractivity (Wildman–Crippen MR) is 106 cm³/mol. The van der Waals surface area contributed by atoms with Gasteiger partial charge in [-0.2, -0.15) is 0 Å². The van der Waals surface area contributed by atoms with Crippen molar-refractivity contribution in [3.8, 4) is 11.5 Å². The molecule has 0 aliphatic carbocycles. The summed E-state index contributed by atoms with van der Waals surface area (Å²) in [6.07, 6.45) is 0.712. The maximum atomic E-state index is 12.6. The monoisotopic (exact) mass is 361 g/mol. The van der Waals surface area contributed by atoms with Gasteiger partial charge in [-0.15, -0.1) is 0 Å². The van der Waals surface area contributed by atoms with Crippen LogP contribution in [0.1, 0.15) is 31.9 Å². The van der Waals surface area contributed by atoms with E-state index in [2.05, 4.69) is 5.32 Å². The average Bonchev–Trinajstić information content (AvgIpc) is 2.65. The second-order valence-electron chi connectivity index (χ2n) is 7.49. The molecule has 0 saturated carbocycles. The van der Waals surface area contributed by atoms with E-state index in [9.17, 15) is 4.79 Å². The molecule has 1 aliphatic rings. The number of amides is 1. The first-order valence-electron chi connectivity index (χ1n) is 9.20. The second-order valence-corrected chi connectivity index (χ2v) is 7.49. The average molecular weight is 361 g/mol. The Morgan fingerprint density at radius 1 is 1.07 bits per heavy atom. The van der Waals surface area contributed by atoms with E-state index >= 15 is 0 Å². The number of carbonyl (C=O) groups excluding carboxylic acids is 1. The summed E-state index contributed by atoms with van der Waals surface area (Å²) in [5.41, 5.74) is 0.679. The summed E-state index contributed by atoms with van der Waals surface area (Å²) in [5, 5.41) is 5.20. The van der Waals surface area contributed by atoms with Crippen LogP contribution in [0.3, 0.4) is 0 Å². The summed E-state index contributed by atoms with van der Waals surface area (Å²) in [6, 6.07) is 21.6. The van der Waals surface area contributed by atoms with Crippen molar-refractivity contribution in [2.24, 2.45) is 0 Å². The van der Waals surface area contributed by atoms with Gasteiger partial charge in [0.1, 0.15) is 17.1 Å². The van der Waals surface area contributed by atoms with Crippen molar-refractivity contribution in [3.63, 3.8) is 0 Å². The molecule has 0 fully saturated rings. The van der Waals surface area contributed by atoms with Crippen LogP contribution in [-0.4, -0.2) is 18.1 Å². The van der Waals surface area contributed by atoms with Crippen molar-refractivity contribution in [2.75, 3.05) is 6.61 Å². The van der Waals surface area contributed by atoms with Gasteiger partial charge in [-0.25, -0.2) is 0 Å². The standard InChI is InChI=1S/C23H23NO3/c1-23(2)14-19(18-11-5-6-12-21(18)27-23)24-22(25)15-26-20-13-7-9-16-8-3-4-10-17(16)20/h3-13,19H,14-15H2,1-2H3,(H,24,25)/t19-/m1/s1. The molecule has 0 saturated heterocycles. The lowest BCUT2D eigenvalue weighted by Crippen LogP contribution is -2.42. The normalized spacial score (nSPS) is 17.6. The fourth-order valence-corrected chi connectivity index (χ4v) is 3.63. The van der Waals surface area contributed by atoms with E-state index in [1.165, 1.54) is 0 Å². The third-order valence-corrected chi connectivity index (χ3v) is 4.82. The van der Waals surface area contributed by atoms with Crippen LogP contribution in [0, 0.1) is 0 Å². The molecule has 0 radical (unpaired) electrons. The van der Waals surface area contributed by atoms with Crippen LogP contribution in [0.15, 0.2) is 66.7 Å². The summed E-state index contributed by atoms with van der Waals surface area (Å²) < 4.78 is 11.8. The number of rotatable bonds is 4. The lowest BCUT2D eigenvalue weighted by atomic mass is 9.90. The van der Waals surface area contributed by atoms with Crippen molar-refractivity contribution in [3.05, 3.63) is 72.3 Å². The molecule has 138 valence electrons. The number of nitrogens with one attached hydrogen (secondary N) is 1. The summed E-state index contributed by atoms with van der Waals surface area (Å²) in [7, 11) is 0. The highest BCUT2D eigenvalue weighted by Gasteiger charge is 2.34. The van der Waals surface area contributed by atoms with Crippen LogP contribution in [0.25, 0.3) is 10.8 Å². The van der Waals surface area contributed by atoms with Gasteiger partial charge in [-0.05, 0) is 31.4 Å². The van der Waals surface area contributed by atoms with Gasteiger partial charge in [0.15, 0.2) is 6.61 Å². The van der Waals surface area contributed by atoms with Crippen molar-refractivity contribution < 1.29 is 14.3 Å². The Bertz CT molecular complexity index is 975. The molecule has 1 amide bonds. The number of fused-ring (bicyclic) bond motifs is 2. The van der Waals surface area contributed by atoms with E-state index in [0.717, 1.165) is 27.8 Å². The zero-order valence-electron chi connectivity index (χ0n) is 15.6. The second kappa shape index (κ2) is 6.95. The molecule has 1 aliphatic heterocycles. The molecule has 4 nitrogen and oxygen atoms in total. The Morgan fingerprint density at radius 3 is 2.70 bits per heavy atom. The lowest BCUT2D eigenvalue weighted by Gasteiger charge is -2.37. The van der Waals surface area contributed by atoms with Gasteiger partial charge >= 0.3 is 0 Å².